The highest BCUT2D eigenvalue weighted by Crippen LogP contribution is 2.31. The van der Waals surface area contributed by atoms with Crippen LogP contribution in [-0.4, -0.2) is 25.2 Å². The van der Waals surface area contributed by atoms with Crippen LogP contribution in [0.4, 0.5) is 10.5 Å². The van der Waals surface area contributed by atoms with Gasteiger partial charge in [-0.2, -0.15) is 0 Å². The minimum absolute atomic E-state index is 0.0174. The maximum absolute atomic E-state index is 12.9. The first-order valence-corrected chi connectivity index (χ1v) is 10.4. The lowest BCUT2D eigenvalue weighted by molar-refractivity contribution is -0.118. The molecule has 2 N–H and O–H groups in total. The standard InChI is InChI=1S/C24H30N2O4/c1-15(2)14-29-24(28)30-19-11-16(3)23(17(4)12-19)20(25)13-22(27)26-10-9-18-7-5-6-8-21(18)26/h5-8,11-12,15,20H,9-10,13-14,25H2,1-4H3. The summed E-state index contributed by atoms with van der Waals surface area (Å²) in [6.45, 7) is 8.73. The van der Waals surface area contributed by atoms with Gasteiger partial charge in [-0.25, -0.2) is 4.79 Å². The highest BCUT2D eigenvalue weighted by Gasteiger charge is 2.26. The molecule has 0 radical (unpaired) electrons. The molecule has 1 aliphatic heterocycles. The Balaban J connectivity index is 1.68. The molecule has 1 atom stereocenters. The summed E-state index contributed by atoms with van der Waals surface area (Å²) in [6.07, 6.45) is 0.364. The van der Waals surface area contributed by atoms with Gasteiger partial charge < -0.3 is 20.1 Å². The van der Waals surface area contributed by atoms with Crippen LogP contribution in [0, 0.1) is 19.8 Å². The van der Waals surface area contributed by atoms with Gasteiger partial charge in [-0.1, -0.05) is 32.0 Å². The topological polar surface area (TPSA) is 81.9 Å². The molecule has 0 saturated carbocycles. The predicted octanol–water partition coefficient (Wildman–Crippen LogP) is 4.45. The highest BCUT2D eigenvalue weighted by atomic mass is 16.7. The molecule has 3 rings (SSSR count). The van der Waals surface area contributed by atoms with Crippen LogP contribution in [0.3, 0.4) is 0 Å². The molecular weight excluding hydrogens is 380 g/mol. The third-order valence-electron chi connectivity index (χ3n) is 5.26. The number of benzene rings is 2. The first kappa shape index (κ1) is 21.8. The number of rotatable bonds is 6. The Kier molecular flexibility index (Phi) is 6.77. The maximum Gasteiger partial charge on any atom is 0.513 e. The molecule has 160 valence electrons. The van der Waals surface area contributed by atoms with E-state index in [4.69, 9.17) is 15.2 Å². The van der Waals surface area contributed by atoms with Crippen molar-refractivity contribution in [2.75, 3.05) is 18.1 Å². The Hall–Kier alpha value is -2.86. The second kappa shape index (κ2) is 9.30. The average molecular weight is 411 g/mol. The minimum Gasteiger partial charge on any atom is -0.434 e. The largest absolute Gasteiger partial charge is 0.513 e. The molecule has 2 aromatic carbocycles. The summed E-state index contributed by atoms with van der Waals surface area (Å²) in [5.74, 6) is 0.667. The van der Waals surface area contributed by atoms with Gasteiger partial charge in [-0.15, -0.1) is 0 Å². The fourth-order valence-corrected chi connectivity index (χ4v) is 3.94. The molecule has 30 heavy (non-hydrogen) atoms. The monoisotopic (exact) mass is 410 g/mol. The van der Waals surface area contributed by atoms with Gasteiger partial charge in [-0.05, 0) is 66.6 Å². The number of aryl methyl sites for hydroxylation is 2. The summed E-state index contributed by atoms with van der Waals surface area (Å²) < 4.78 is 10.4. The van der Waals surface area contributed by atoms with E-state index in [0.29, 0.717) is 18.9 Å². The number of anilines is 1. The molecule has 1 amide bonds. The molecule has 0 saturated heterocycles. The predicted molar refractivity (Wildman–Crippen MR) is 117 cm³/mol. The van der Waals surface area contributed by atoms with E-state index < -0.39 is 12.2 Å². The Morgan fingerprint density at radius 3 is 2.47 bits per heavy atom. The zero-order valence-electron chi connectivity index (χ0n) is 18.1. The summed E-state index contributed by atoms with van der Waals surface area (Å²) in [7, 11) is 0. The van der Waals surface area contributed by atoms with E-state index in [1.807, 2.05) is 50.8 Å². The van der Waals surface area contributed by atoms with Crippen LogP contribution < -0.4 is 15.4 Å². The van der Waals surface area contributed by atoms with Gasteiger partial charge in [0.2, 0.25) is 5.91 Å². The first-order chi connectivity index (χ1) is 14.3. The van der Waals surface area contributed by atoms with E-state index >= 15 is 0 Å². The van der Waals surface area contributed by atoms with Crippen molar-refractivity contribution in [3.8, 4) is 5.75 Å². The number of amides is 1. The Bertz CT molecular complexity index is 916. The molecule has 0 aliphatic carbocycles. The third kappa shape index (κ3) is 5.00. The van der Waals surface area contributed by atoms with Crippen molar-refractivity contribution in [2.24, 2.45) is 11.7 Å². The Morgan fingerprint density at radius 2 is 1.80 bits per heavy atom. The van der Waals surface area contributed by atoms with Crippen LogP contribution in [-0.2, 0) is 16.0 Å². The van der Waals surface area contributed by atoms with Gasteiger partial charge in [0.1, 0.15) is 5.75 Å². The molecule has 0 bridgehead atoms. The van der Waals surface area contributed by atoms with Gasteiger partial charge in [0.05, 0.1) is 6.61 Å². The first-order valence-electron chi connectivity index (χ1n) is 10.4. The van der Waals surface area contributed by atoms with Crippen LogP contribution in [0.25, 0.3) is 0 Å². The lowest BCUT2D eigenvalue weighted by Crippen LogP contribution is -2.32. The smallest absolute Gasteiger partial charge is 0.434 e. The third-order valence-corrected chi connectivity index (χ3v) is 5.26. The number of ether oxygens (including phenoxy) is 2. The zero-order valence-corrected chi connectivity index (χ0v) is 18.1. The van der Waals surface area contributed by atoms with Crippen molar-refractivity contribution in [3.63, 3.8) is 0 Å². The van der Waals surface area contributed by atoms with E-state index in [0.717, 1.165) is 28.8 Å². The van der Waals surface area contributed by atoms with E-state index in [2.05, 4.69) is 6.07 Å². The van der Waals surface area contributed by atoms with Crippen LogP contribution in [0.2, 0.25) is 0 Å². The van der Waals surface area contributed by atoms with Gasteiger partial charge in [0, 0.05) is 24.7 Å². The fourth-order valence-electron chi connectivity index (χ4n) is 3.94. The average Bonchev–Trinajstić information content (AvgIpc) is 3.10. The van der Waals surface area contributed by atoms with E-state index in [1.165, 1.54) is 5.56 Å². The molecule has 0 fully saturated rings. The van der Waals surface area contributed by atoms with E-state index in [-0.39, 0.29) is 18.2 Å². The summed E-state index contributed by atoms with van der Waals surface area (Å²) in [5.41, 5.74) is 11.3. The van der Waals surface area contributed by atoms with Crippen molar-refractivity contribution < 1.29 is 19.1 Å². The lowest BCUT2D eigenvalue weighted by atomic mass is 9.94. The molecule has 1 unspecified atom stereocenters. The second-order valence-corrected chi connectivity index (χ2v) is 8.26. The van der Waals surface area contributed by atoms with E-state index in [1.54, 1.807) is 12.1 Å². The van der Waals surface area contributed by atoms with E-state index in [9.17, 15) is 9.59 Å². The van der Waals surface area contributed by atoms with Crippen LogP contribution in [0.5, 0.6) is 5.75 Å². The van der Waals surface area contributed by atoms with Crippen LogP contribution in [0.15, 0.2) is 36.4 Å². The van der Waals surface area contributed by atoms with Crippen LogP contribution in [0.1, 0.15) is 48.6 Å². The molecule has 0 aromatic heterocycles. The fraction of sp³-hybridized carbons (Fsp3) is 0.417. The van der Waals surface area contributed by atoms with Crippen molar-refractivity contribution in [3.05, 3.63) is 58.7 Å². The van der Waals surface area contributed by atoms with Crippen LogP contribution >= 0.6 is 0 Å². The maximum atomic E-state index is 12.9. The molecular formula is C24H30N2O4. The van der Waals surface area contributed by atoms with Crippen molar-refractivity contribution in [1.82, 2.24) is 0 Å². The highest BCUT2D eigenvalue weighted by molar-refractivity contribution is 5.95. The molecule has 6 heteroatoms. The summed E-state index contributed by atoms with van der Waals surface area (Å²) >= 11 is 0. The van der Waals surface area contributed by atoms with Crippen molar-refractivity contribution >= 4 is 17.7 Å². The van der Waals surface area contributed by atoms with Crippen molar-refractivity contribution in [2.45, 2.75) is 46.6 Å². The van der Waals surface area contributed by atoms with Gasteiger partial charge >= 0.3 is 6.16 Å². The number of nitrogens with zero attached hydrogens (tertiary/aromatic N) is 1. The van der Waals surface area contributed by atoms with Gasteiger partial charge in [0.15, 0.2) is 0 Å². The number of fused-ring (bicyclic) bond motifs is 1. The number of carbonyl (C=O) groups excluding carboxylic acids is 2. The second-order valence-electron chi connectivity index (χ2n) is 8.26. The summed E-state index contributed by atoms with van der Waals surface area (Å²) in [5, 5.41) is 0. The SMILES string of the molecule is Cc1cc(OC(=O)OCC(C)C)cc(C)c1C(N)CC(=O)N1CCc2ccccc21. The van der Waals surface area contributed by atoms with Gasteiger partial charge in [-0.3, -0.25) is 4.79 Å². The Morgan fingerprint density at radius 1 is 1.13 bits per heavy atom. The molecule has 0 spiro atoms. The summed E-state index contributed by atoms with van der Waals surface area (Å²) in [4.78, 5) is 26.6. The number of carbonyl (C=O) groups is 2. The Labute approximate surface area is 178 Å². The zero-order chi connectivity index (χ0) is 21.8. The van der Waals surface area contributed by atoms with Gasteiger partial charge in [0.25, 0.3) is 0 Å². The molecule has 1 aliphatic rings. The quantitative estimate of drug-likeness (QED) is 0.562. The minimum atomic E-state index is -0.720. The number of para-hydroxylation sites is 1. The number of nitrogens with two attached hydrogens (primary N) is 1. The summed E-state index contributed by atoms with van der Waals surface area (Å²) in [6, 6.07) is 11.1. The van der Waals surface area contributed by atoms with Crippen molar-refractivity contribution in [1.29, 1.82) is 0 Å². The molecule has 1 heterocycles. The molecule has 2 aromatic rings. The number of hydrogen-bond acceptors (Lipinski definition) is 5. The number of hydrogen-bond donors (Lipinski definition) is 1. The lowest BCUT2D eigenvalue weighted by Gasteiger charge is -2.22. The normalized spacial score (nSPS) is 13.9. The molecule has 6 nitrogen and oxygen atoms in total.